The number of sulfonamides is 1. The van der Waals surface area contributed by atoms with Gasteiger partial charge in [0.1, 0.15) is 0 Å². The molecule has 0 spiro atoms. The summed E-state index contributed by atoms with van der Waals surface area (Å²) in [5.74, 6) is -2.66. The topological polar surface area (TPSA) is 119 Å². The van der Waals surface area contributed by atoms with Crippen LogP contribution in [0.5, 0.6) is 0 Å². The normalized spacial score (nSPS) is 25.6. The largest absolute Gasteiger partial charge is 0.369 e. The zero-order valence-corrected chi connectivity index (χ0v) is 24.6. The number of primary amides is 1. The lowest BCUT2D eigenvalue weighted by molar-refractivity contribution is -0.129. The third-order valence-corrected chi connectivity index (χ3v) is 11.7. The molecule has 3 N–H and O–H groups in total. The number of hydrogen-bond acceptors (Lipinski definition) is 4. The van der Waals surface area contributed by atoms with Gasteiger partial charge in [0.05, 0.1) is 27.2 Å². The highest BCUT2D eigenvalue weighted by Crippen LogP contribution is 2.59. The monoisotopic (exact) mass is 555 g/mol. The maximum Gasteiger partial charge on any atom is 0.287 e. The molecule has 38 heavy (non-hydrogen) atoms. The second-order valence-electron chi connectivity index (χ2n) is 12.2. The molecule has 2 amide bonds. The molecular formula is C29H37N3O4S2. The third kappa shape index (κ3) is 5.10. The van der Waals surface area contributed by atoms with E-state index < -0.39 is 49.0 Å². The molecule has 1 unspecified atom stereocenters. The number of anilines is 1. The molecule has 2 aliphatic rings. The van der Waals surface area contributed by atoms with Crippen LogP contribution in [-0.2, 0) is 30.3 Å². The van der Waals surface area contributed by atoms with Crippen molar-refractivity contribution < 1.29 is 18.0 Å². The number of hydrogen-bond donors (Lipinski definition) is 2. The Morgan fingerprint density at radius 3 is 1.82 bits per heavy atom. The number of carbonyl (C=O) groups excluding carboxylic acids is 2. The van der Waals surface area contributed by atoms with Gasteiger partial charge in [0.15, 0.2) is 0 Å². The number of nitrogens with two attached hydrogens (primary N) is 1. The Kier molecular flexibility index (Phi) is 7.25. The quantitative estimate of drug-likeness (QED) is 0.505. The number of fused-ring (bicyclic) bond motifs is 2. The van der Waals surface area contributed by atoms with Gasteiger partial charge >= 0.3 is 0 Å². The number of amides is 2. The van der Waals surface area contributed by atoms with E-state index in [0.717, 1.165) is 16.7 Å². The summed E-state index contributed by atoms with van der Waals surface area (Å²) in [6, 6.07) is 15.6. The van der Waals surface area contributed by atoms with Crippen LogP contribution in [0.15, 0.2) is 74.4 Å². The SMILES string of the molecule is Cc1ccc(S(=O)(=O)/N=S2\[C@@H]3C(C(C)(C)C)=C(C(C)(C)C)[C@H]2[C@@H](C(=O)Nc2ccccc2)[C@H]3C(N)=O)cc1. The summed E-state index contributed by atoms with van der Waals surface area (Å²) in [6.45, 7) is 14.3. The molecule has 0 aromatic heterocycles. The van der Waals surface area contributed by atoms with Crippen molar-refractivity contribution in [3.8, 4) is 0 Å². The zero-order valence-electron chi connectivity index (χ0n) is 23.0. The molecule has 2 aromatic carbocycles. The van der Waals surface area contributed by atoms with Crippen molar-refractivity contribution in [3.05, 3.63) is 71.3 Å². The van der Waals surface area contributed by atoms with Gasteiger partial charge in [-0.15, -0.1) is 3.77 Å². The first-order valence-electron chi connectivity index (χ1n) is 12.7. The van der Waals surface area contributed by atoms with Crippen LogP contribution in [0.25, 0.3) is 0 Å². The van der Waals surface area contributed by atoms with Crippen LogP contribution < -0.4 is 11.1 Å². The predicted molar refractivity (Wildman–Crippen MR) is 153 cm³/mol. The molecule has 9 heteroatoms. The average molecular weight is 556 g/mol. The summed E-state index contributed by atoms with van der Waals surface area (Å²) >= 11 is 0. The number of aryl methyl sites for hydroxylation is 1. The molecule has 2 aliphatic heterocycles. The van der Waals surface area contributed by atoms with E-state index in [9.17, 15) is 18.0 Å². The molecule has 0 saturated carbocycles. The van der Waals surface area contributed by atoms with E-state index in [4.69, 9.17) is 5.73 Å². The lowest BCUT2D eigenvalue weighted by Gasteiger charge is -2.40. The Balaban J connectivity index is 1.95. The van der Waals surface area contributed by atoms with Crippen LogP contribution in [0, 0.1) is 29.6 Å². The first-order chi connectivity index (χ1) is 17.5. The predicted octanol–water partition coefficient (Wildman–Crippen LogP) is 5.00. The summed E-state index contributed by atoms with van der Waals surface area (Å²) in [5, 5.41) is 1.81. The third-order valence-electron chi connectivity index (χ3n) is 7.21. The van der Waals surface area contributed by atoms with Gasteiger partial charge in [-0.05, 0) is 53.2 Å². The molecule has 2 bridgehead atoms. The Labute approximate surface area is 228 Å². The number of carbonyl (C=O) groups is 2. The van der Waals surface area contributed by atoms with Crippen molar-refractivity contribution in [1.29, 1.82) is 0 Å². The van der Waals surface area contributed by atoms with Gasteiger partial charge in [0, 0.05) is 5.69 Å². The molecule has 1 saturated heterocycles. The smallest absolute Gasteiger partial charge is 0.287 e. The van der Waals surface area contributed by atoms with E-state index in [1.165, 1.54) is 0 Å². The fraction of sp³-hybridized carbons (Fsp3) is 0.448. The Morgan fingerprint density at radius 2 is 1.34 bits per heavy atom. The second-order valence-corrected chi connectivity index (χ2v) is 15.9. The Morgan fingerprint density at radius 1 is 0.842 bits per heavy atom. The minimum absolute atomic E-state index is 0.0948. The van der Waals surface area contributed by atoms with Crippen LogP contribution in [0.1, 0.15) is 47.1 Å². The number of para-hydroxylation sites is 1. The molecule has 2 aromatic rings. The minimum atomic E-state index is -4.05. The van der Waals surface area contributed by atoms with E-state index >= 15 is 0 Å². The first-order valence-corrected chi connectivity index (χ1v) is 15.5. The molecule has 7 nitrogen and oxygen atoms in total. The molecule has 5 atom stereocenters. The molecule has 0 aliphatic carbocycles. The van der Waals surface area contributed by atoms with Crippen LogP contribution in [0.4, 0.5) is 5.69 Å². The average Bonchev–Trinajstić information content (AvgIpc) is 3.29. The van der Waals surface area contributed by atoms with Gasteiger partial charge in [-0.1, -0.05) is 88.1 Å². The standard InChI is InChI=1S/C29H37N3O4S2/c1-17-13-15-19(16-14-17)38(35,36)32-37-24-20(26(30)33)21(27(34)31-18-11-9-8-10-12-18)25(37)23(29(5,6)7)22(24)28(2,3)4/h8-16,20-21,24-25H,1-7H3,(H2,30,33)(H,31,34)/t20-,21+,24+,25-,37?/m1/s1. The highest BCUT2D eigenvalue weighted by Gasteiger charge is 2.64. The molecule has 0 radical (unpaired) electrons. The van der Waals surface area contributed by atoms with E-state index in [-0.39, 0.29) is 21.6 Å². The fourth-order valence-corrected chi connectivity index (χ4v) is 11.2. The van der Waals surface area contributed by atoms with Gasteiger partial charge in [0.25, 0.3) is 10.0 Å². The van der Waals surface area contributed by atoms with E-state index in [1.54, 1.807) is 36.4 Å². The van der Waals surface area contributed by atoms with Crippen LogP contribution in [0.2, 0.25) is 0 Å². The Hall–Kier alpha value is -2.78. The van der Waals surface area contributed by atoms with Crippen molar-refractivity contribution >= 4 is 38.2 Å². The van der Waals surface area contributed by atoms with Crippen LogP contribution in [0.3, 0.4) is 0 Å². The first kappa shape index (κ1) is 28.2. The summed E-state index contributed by atoms with van der Waals surface area (Å²) in [4.78, 5) is 27.0. The van der Waals surface area contributed by atoms with Crippen LogP contribution >= 0.6 is 0 Å². The summed E-state index contributed by atoms with van der Waals surface area (Å²) in [5.41, 5.74) is 8.76. The lowest BCUT2D eigenvalue weighted by Crippen LogP contribution is -2.47. The van der Waals surface area contributed by atoms with Gasteiger partial charge in [0.2, 0.25) is 11.8 Å². The van der Waals surface area contributed by atoms with E-state index in [1.807, 2.05) is 25.1 Å². The number of rotatable bonds is 5. The van der Waals surface area contributed by atoms with Gasteiger partial charge < -0.3 is 11.1 Å². The maximum atomic E-state index is 13.8. The van der Waals surface area contributed by atoms with Gasteiger partial charge in [-0.3, -0.25) is 9.59 Å². The van der Waals surface area contributed by atoms with E-state index in [2.05, 4.69) is 50.6 Å². The number of nitrogens with zero attached hydrogens (tertiary/aromatic N) is 1. The molecule has 1 fully saturated rings. The molecule has 2 heterocycles. The van der Waals surface area contributed by atoms with Crippen LogP contribution in [-0.4, -0.2) is 30.7 Å². The van der Waals surface area contributed by atoms with Gasteiger partial charge in [-0.2, -0.15) is 8.42 Å². The number of nitrogens with one attached hydrogen (secondary N) is 1. The summed E-state index contributed by atoms with van der Waals surface area (Å²) < 4.78 is 31.7. The maximum absolute atomic E-state index is 13.8. The highest BCUT2D eigenvalue weighted by molar-refractivity contribution is 8.01. The molecule has 4 rings (SSSR count). The minimum Gasteiger partial charge on any atom is -0.369 e. The van der Waals surface area contributed by atoms with Crippen molar-refractivity contribution in [2.45, 2.75) is 63.9 Å². The van der Waals surface area contributed by atoms with Crippen molar-refractivity contribution in [2.75, 3.05) is 5.32 Å². The molecule has 204 valence electrons. The number of benzene rings is 2. The summed E-state index contributed by atoms with van der Waals surface area (Å²) in [6.07, 6.45) is 0. The van der Waals surface area contributed by atoms with E-state index in [0.29, 0.717) is 5.69 Å². The van der Waals surface area contributed by atoms with Gasteiger partial charge in [-0.25, -0.2) is 0 Å². The van der Waals surface area contributed by atoms with Crippen molar-refractivity contribution in [1.82, 2.24) is 0 Å². The zero-order chi connectivity index (χ0) is 28.2. The highest BCUT2D eigenvalue weighted by atomic mass is 32.3. The molecular weight excluding hydrogens is 518 g/mol. The lowest BCUT2D eigenvalue weighted by atomic mass is 9.63. The fourth-order valence-electron chi connectivity index (χ4n) is 5.74. The van der Waals surface area contributed by atoms with Crippen molar-refractivity contribution in [2.24, 2.45) is 32.2 Å². The van der Waals surface area contributed by atoms with Crippen molar-refractivity contribution in [3.63, 3.8) is 0 Å². The second kappa shape index (κ2) is 9.75. The summed E-state index contributed by atoms with van der Waals surface area (Å²) in [7, 11) is -5.25. The Bertz CT molecular complexity index is 1430.